The van der Waals surface area contributed by atoms with Crippen molar-refractivity contribution in [2.45, 2.75) is 6.42 Å². The topological polar surface area (TPSA) is 46.2 Å². The lowest BCUT2D eigenvalue weighted by Crippen LogP contribution is -2.30. The van der Waals surface area contributed by atoms with Crippen molar-refractivity contribution in [1.82, 2.24) is 10.3 Å². The van der Waals surface area contributed by atoms with E-state index in [1.54, 1.807) is 12.3 Å². The number of ether oxygens (including phenoxy) is 1. The number of thiocarbonyl (C=S) groups is 1. The summed E-state index contributed by atoms with van der Waals surface area (Å²) in [4.78, 5) is 4.12. The van der Waals surface area contributed by atoms with Gasteiger partial charge >= 0.3 is 0 Å². The molecule has 0 aliphatic heterocycles. The Balaban J connectivity index is 1.94. The van der Waals surface area contributed by atoms with Gasteiger partial charge in [0.25, 0.3) is 0 Å². The first-order valence-corrected chi connectivity index (χ1v) is 7.89. The standard InChI is InChI=1S/C15H14BrF2N3OS/c1-22-12-5-4-11(17)13(18)9(12)6-8-20-15(23)21-14-10(16)3-2-7-19-14/h2-5,7H,6,8H2,1H3,(H2,19,20,21,23). The van der Waals surface area contributed by atoms with E-state index in [2.05, 4.69) is 31.5 Å². The van der Waals surface area contributed by atoms with Crippen molar-refractivity contribution in [3.8, 4) is 5.75 Å². The average molecular weight is 402 g/mol. The summed E-state index contributed by atoms with van der Waals surface area (Å²) in [5, 5.41) is 6.17. The number of nitrogens with zero attached hydrogens (tertiary/aromatic N) is 1. The quantitative estimate of drug-likeness (QED) is 0.748. The molecular weight excluding hydrogens is 388 g/mol. The van der Waals surface area contributed by atoms with Crippen LogP contribution >= 0.6 is 28.1 Å². The minimum Gasteiger partial charge on any atom is -0.496 e. The molecule has 8 heteroatoms. The van der Waals surface area contributed by atoms with Crippen LogP contribution in [0.5, 0.6) is 5.75 Å². The molecule has 1 heterocycles. The van der Waals surface area contributed by atoms with Crippen LogP contribution in [0, 0.1) is 11.6 Å². The minimum absolute atomic E-state index is 0.168. The summed E-state index contributed by atoms with van der Waals surface area (Å²) in [7, 11) is 1.41. The number of hydrogen-bond donors (Lipinski definition) is 2. The van der Waals surface area contributed by atoms with Gasteiger partial charge in [-0.1, -0.05) is 0 Å². The molecule has 0 aliphatic rings. The maximum Gasteiger partial charge on any atom is 0.171 e. The van der Waals surface area contributed by atoms with E-state index in [9.17, 15) is 8.78 Å². The average Bonchev–Trinajstić information content (AvgIpc) is 2.54. The molecule has 1 aromatic carbocycles. The SMILES string of the molecule is COc1ccc(F)c(F)c1CCNC(=S)Nc1ncccc1Br. The molecule has 1 aromatic heterocycles. The Hall–Kier alpha value is -1.80. The van der Waals surface area contributed by atoms with Crippen LogP contribution in [0.4, 0.5) is 14.6 Å². The molecule has 0 bridgehead atoms. The Kier molecular flexibility index (Phi) is 6.23. The number of nitrogens with one attached hydrogen (secondary N) is 2. The number of benzene rings is 1. The fourth-order valence-corrected chi connectivity index (χ4v) is 2.48. The molecule has 0 spiro atoms. The first-order valence-electron chi connectivity index (χ1n) is 6.69. The number of pyridine rings is 1. The number of halogens is 3. The molecule has 2 rings (SSSR count). The van der Waals surface area contributed by atoms with Crippen LogP contribution in [0.25, 0.3) is 0 Å². The van der Waals surface area contributed by atoms with Gasteiger partial charge in [-0.3, -0.25) is 0 Å². The molecule has 0 saturated heterocycles. The summed E-state index contributed by atoms with van der Waals surface area (Å²) >= 11 is 8.49. The number of methoxy groups -OCH3 is 1. The van der Waals surface area contributed by atoms with Gasteiger partial charge in [-0.25, -0.2) is 13.8 Å². The number of hydrogen-bond acceptors (Lipinski definition) is 3. The molecular formula is C15H14BrF2N3OS. The van der Waals surface area contributed by atoms with Crippen molar-refractivity contribution in [3.05, 3.63) is 52.1 Å². The van der Waals surface area contributed by atoms with E-state index in [1.165, 1.54) is 13.2 Å². The third-order valence-electron chi connectivity index (χ3n) is 3.02. The highest BCUT2D eigenvalue weighted by molar-refractivity contribution is 9.10. The predicted molar refractivity (Wildman–Crippen MR) is 92.8 cm³/mol. The zero-order valence-electron chi connectivity index (χ0n) is 12.2. The van der Waals surface area contributed by atoms with E-state index in [4.69, 9.17) is 17.0 Å². The Bertz CT molecular complexity index is 715. The smallest absolute Gasteiger partial charge is 0.171 e. The second-order valence-corrected chi connectivity index (χ2v) is 5.77. The van der Waals surface area contributed by atoms with Crippen LogP contribution < -0.4 is 15.4 Å². The Morgan fingerprint density at radius 3 is 2.83 bits per heavy atom. The molecule has 2 aromatic rings. The second kappa shape index (κ2) is 8.16. The lowest BCUT2D eigenvalue weighted by atomic mass is 10.1. The molecule has 122 valence electrons. The molecule has 4 nitrogen and oxygen atoms in total. The van der Waals surface area contributed by atoms with Gasteiger partial charge in [-0.15, -0.1) is 0 Å². The van der Waals surface area contributed by atoms with Gasteiger partial charge in [0, 0.05) is 18.3 Å². The van der Waals surface area contributed by atoms with E-state index < -0.39 is 11.6 Å². The van der Waals surface area contributed by atoms with Crippen molar-refractivity contribution in [2.24, 2.45) is 0 Å². The van der Waals surface area contributed by atoms with Crippen LogP contribution in [0.1, 0.15) is 5.56 Å². The van der Waals surface area contributed by atoms with Gasteiger partial charge in [0.2, 0.25) is 0 Å². The molecule has 0 fully saturated rings. The fraction of sp³-hybridized carbons (Fsp3) is 0.200. The maximum absolute atomic E-state index is 13.8. The number of aromatic nitrogens is 1. The van der Waals surface area contributed by atoms with Crippen LogP contribution in [0.2, 0.25) is 0 Å². The van der Waals surface area contributed by atoms with E-state index in [-0.39, 0.29) is 12.0 Å². The van der Waals surface area contributed by atoms with E-state index in [0.29, 0.717) is 23.2 Å². The highest BCUT2D eigenvalue weighted by Crippen LogP contribution is 2.24. The van der Waals surface area contributed by atoms with Crippen molar-refractivity contribution >= 4 is 39.1 Å². The van der Waals surface area contributed by atoms with E-state index in [1.807, 2.05) is 6.07 Å². The summed E-state index contributed by atoms with van der Waals surface area (Å²) in [6, 6.07) is 6.04. The summed E-state index contributed by atoms with van der Waals surface area (Å²) in [6.07, 6.45) is 1.85. The molecule has 23 heavy (non-hydrogen) atoms. The largest absolute Gasteiger partial charge is 0.496 e. The van der Waals surface area contributed by atoms with Crippen molar-refractivity contribution in [3.63, 3.8) is 0 Å². The summed E-state index contributed by atoms with van der Waals surface area (Å²) in [5.41, 5.74) is 0.168. The monoisotopic (exact) mass is 401 g/mol. The molecule has 0 saturated carbocycles. The lowest BCUT2D eigenvalue weighted by Gasteiger charge is -2.13. The second-order valence-electron chi connectivity index (χ2n) is 4.51. The molecule has 2 N–H and O–H groups in total. The first-order chi connectivity index (χ1) is 11.0. The molecule has 0 radical (unpaired) electrons. The van der Waals surface area contributed by atoms with Crippen LogP contribution in [-0.2, 0) is 6.42 Å². The van der Waals surface area contributed by atoms with Gasteiger partial charge in [-0.2, -0.15) is 0 Å². The number of rotatable bonds is 5. The summed E-state index contributed by atoms with van der Waals surface area (Å²) < 4.78 is 33.0. The van der Waals surface area contributed by atoms with Crippen LogP contribution in [-0.4, -0.2) is 23.8 Å². The van der Waals surface area contributed by atoms with Crippen molar-refractivity contribution < 1.29 is 13.5 Å². The summed E-state index contributed by atoms with van der Waals surface area (Å²) in [6.45, 7) is 0.313. The van der Waals surface area contributed by atoms with Gasteiger partial charge < -0.3 is 15.4 Å². The van der Waals surface area contributed by atoms with Gasteiger partial charge in [-0.05, 0) is 58.8 Å². The minimum atomic E-state index is -0.905. The van der Waals surface area contributed by atoms with Crippen LogP contribution in [0.15, 0.2) is 34.9 Å². The van der Waals surface area contributed by atoms with E-state index in [0.717, 1.165) is 10.5 Å². The van der Waals surface area contributed by atoms with Gasteiger partial charge in [0.05, 0.1) is 11.6 Å². The summed E-state index contributed by atoms with van der Waals surface area (Å²) in [5.74, 6) is -0.937. The third kappa shape index (κ3) is 4.59. The van der Waals surface area contributed by atoms with Gasteiger partial charge in [0.1, 0.15) is 11.6 Å². The maximum atomic E-state index is 13.8. The molecule has 0 atom stereocenters. The lowest BCUT2D eigenvalue weighted by molar-refractivity contribution is 0.398. The van der Waals surface area contributed by atoms with Crippen molar-refractivity contribution in [1.29, 1.82) is 0 Å². The van der Waals surface area contributed by atoms with E-state index >= 15 is 0 Å². The Morgan fingerprint density at radius 1 is 1.35 bits per heavy atom. The normalized spacial score (nSPS) is 10.3. The zero-order valence-corrected chi connectivity index (χ0v) is 14.6. The fourth-order valence-electron chi connectivity index (χ4n) is 1.93. The molecule has 0 aliphatic carbocycles. The molecule has 0 unspecified atom stereocenters. The highest BCUT2D eigenvalue weighted by Gasteiger charge is 2.14. The number of anilines is 1. The van der Waals surface area contributed by atoms with Crippen molar-refractivity contribution in [2.75, 3.05) is 19.0 Å². The Morgan fingerprint density at radius 2 is 2.13 bits per heavy atom. The zero-order chi connectivity index (χ0) is 16.8. The van der Waals surface area contributed by atoms with Gasteiger partial charge in [0.15, 0.2) is 16.7 Å². The Labute approximate surface area is 146 Å². The predicted octanol–water partition coefficient (Wildman–Crippen LogP) is 3.66. The third-order valence-corrected chi connectivity index (χ3v) is 3.91. The highest BCUT2D eigenvalue weighted by atomic mass is 79.9. The van der Waals surface area contributed by atoms with Crippen LogP contribution in [0.3, 0.4) is 0 Å². The first kappa shape index (κ1) is 17.6. The molecule has 0 amide bonds.